The van der Waals surface area contributed by atoms with Crippen LogP contribution in [0.1, 0.15) is 30.5 Å². The molecule has 1 heterocycles. The van der Waals surface area contributed by atoms with Crippen LogP contribution >= 0.6 is 11.3 Å². The van der Waals surface area contributed by atoms with Crippen molar-refractivity contribution in [3.8, 4) is 0 Å². The molecule has 19 heavy (non-hydrogen) atoms. The molecular formula is C14H13NO3S. The van der Waals surface area contributed by atoms with E-state index in [0.717, 1.165) is 28.2 Å². The Hall–Kier alpha value is -2.14. The van der Waals surface area contributed by atoms with Crippen molar-refractivity contribution in [2.45, 2.75) is 13.8 Å². The molecule has 2 aromatic rings. The first-order valence-electron chi connectivity index (χ1n) is 5.69. The Morgan fingerprint density at radius 3 is 2.37 bits per heavy atom. The van der Waals surface area contributed by atoms with Gasteiger partial charge in [-0.2, -0.15) is 0 Å². The molecule has 0 aliphatic carbocycles. The Bertz CT molecular complexity index is 646. The molecule has 1 aromatic carbocycles. The Labute approximate surface area is 114 Å². The van der Waals surface area contributed by atoms with Gasteiger partial charge < -0.3 is 10.4 Å². The van der Waals surface area contributed by atoms with Gasteiger partial charge >= 0.3 is 5.97 Å². The zero-order chi connectivity index (χ0) is 14.0. The lowest BCUT2D eigenvalue weighted by Crippen LogP contribution is -2.11. The summed E-state index contributed by atoms with van der Waals surface area (Å²) in [6, 6.07) is 8.69. The number of carboxylic acid groups (broad SMARTS) is 1. The van der Waals surface area contributed by atoms with E-state index in [1.165, 1.54) is 12.1 Å². The van der Waals surface area contributed by atoms with E-state index in [1.807, 2.05) is 32.0 Å². The van der Waals surface area contributed by atoms with Gasteiger partial charge in [-0.15, -0.1) is 11.3 Å². The first-order chi connectivity index (χ1) is 8.97. The minimum Gasteiger partial charge on any atom is -0.477 e. The summed E-state index contributed by atoms with van der Waals surface area (Å²) in [5.74, 6) is -1.31. The molecule has 0 radical (unpaired) electrons. The molecule has 1 aromatic heterocycles. The molecule has 0 fully saturated rings. The van der Waals surface area contributed by atoms with Gasteiger partial charge in [-0.05, 0) is 37.6 Å². The molecular weight excluding hydrogens is 262 g/mol. The topological polar surface area (TPSA) is 66.4 Å². The van der Waals surface area contributed by atoms with E-state index >= 15 is 0 Å². The number of carbonyl (C=O) groups excluding carboxylic acids is 1. The van der Waals surface area contributed by atoms with E-state index in [0.29, 0.717) is 4.88 Å². The number of carboxylic acids is 1. The number of benzene rings is 1. The molecule has 0 saturated carbocycles. The lowest BCUT2D eigenvalue weighted by Gasteiger charge is -2.07. The van der Waals surface area contributed by atoms with E-state index in [1.54, 1.807) is 0 Å². The van der Waals surface area contributed by atoms with Crippen molar-refractivity contribution in [3.05, 3.63) is 51.2 Å². The zero-order valence-electron chi connectivity index (χ0n) is 10.6. The predicted octanol–water partition coefficient (Wildman–Crippen LogP) is 3.32. The van der Waals surface area contributed by atoms with Crippen molar-refractivity contribution >= 4 is 28.9 Å². The van der Waals surface area contributed by atoms with Crippen LogP contribution < -0.4 is 5.32 Å². The maximum Gasteiger partial charge on any atom is 0.345 e. The normalized spacial score (nSPS) is 10.2. The van der Waals surface area contributed by atoms with Crippen LogP contribution in [-0.2, 0) is 0 Å². The monoisotopic (exact) mass is 275 g/mol. The fourth-order valence-electron chi connectivity index (χ4n) is 1.71. The van der Waals surface area contributed by atoms with Crippen LogP contribution in [0.25, 0.3) is 0 Å². The second-order valence-corrected chi connectivity index (χ2v) is 5.33. The molecule has 2 rings (SSSR count). The third kappa shape index (κ3) is 3.00. The van der Waals surface area contributed by atoms with Gasteiger partial charge in [0, 0.05) is 5.69 Å². The van der Waals surface area contributed by atoms with Crippen LogP contribution in [0.5, 0.6) is 0 Å². The van der Waals surface area contributed by atoms with Crippen molar-refractivity contribution in [2.24, 2.45) is 0 Å². The number of nitrogens with one attached hydrogen (secondary N) is 1. The van der Waals surface area contributed by atoms with Crippen LogP contribution in [0.2, 0.25) is 0 Å². The highest BCUT2D eigenvalue weighted by Gasteiger charge is 2.13. The van der Waals surface area contributed by atoms with Gasteiger partial charge in [0.1, 0.15) is 4.88 Å². The minimum atomic E-state index is -1.02. The number of amides is 1. The molecule has 98 valence electrons. The number of aryl methyl sites for hydroxylation is 2. The van der Waals surface area contributed by atoms with E-state index < -0.39 is 5.97 Å². The maximum atomic E-state index is 12.0. The lowest BCUT2D eigenvalue weighted by atomic mass is 10.1. The molecule has 1 amide bonds. The average Bonchev–Trinajstić information content (AvgIpc) is 2.82. The predicted molar refractivity (Wildman–Crippen MR) is 75.1 cm³/mol. The minimum absolute atomic E-state index is 0.158. The highest BCUT2D eigenvalue weighted by molar-refractivity contribution is 7.15. The molecule has 0 spiro atoms. The molecule has 5 heteroatoms. The summed E-state index contributed by atoms with van der Waals surface area (Å²) < 4.78 is 0. The SMILES string of the molecule is Cc1ccc(NC(=O)c2ccc(C(=O)O)s2)c(C)c1. The van der Waals surface area contributed by atoms with Gasteiger partial charge in [0.2, 0.25) is 0 Å². The third-order valence-corrected chi connectivity index (χ3v) is 3.74. The molecule has 0 aliphatic heterocycles. The first-order valence-corrected chi connectivity index (χ1v) is 6.51. The summed E-state index contributed by atoms with van der Waals surface area (Å²) >= 11 is 0.966. The van der Waals surface area contributed by atoms with E-state index in [-0.39, 0.29) is 10.8 Å². The van der Waals surface area contributed by atoms with Crippen molar-refractivity contribution in [2.75, 3.05) is 5.32 Å². The number of anilines is 1. The smallest absolute Gasteiger partial charge is 0.345 e. The number of rotatable bonds is 3. The Morgan fingerprint density at radius 1 is 1.11 bits per heavy atom. The molecule has 4 nitrogen and oxygen atoms in total. The molecule has 0 unspecified atom stereocenters. The Morgan fingerprint density at radius 2 is 1.79 bits per heavy atom. The Kier molecular flexibility index (Phi) is 3.66. The standard InChI is InChI=1S/C14H13NO3S/c1-8-3-4-10(9(2)7-8)15-13(16)11-5-6-12(19-11)14(17)18/h3-7H,1-2H3,(H,15,16)(H,17,18). The summed E-state index contributed by atoms with van der Waals surface area (Å²) in [5, 5.41) is 11.6. The van der Waals surface area contributed by atoms with Gasteiger partial charge in [0.25, 0.3) is 5.91 Å². The lowest BCUT2D eigenvalue weighted by molar-refractivity contribution is 0.0702. The summed E-state index contributed by atoms with van der Waals surface area (Å²) in [5.41, 5.74) is 2.84. The third-order valence-electron chi connectivity index (χ3n) is 2.67. The second-order valence-electron chi connectivity index (χ2n) is 4.24. The maximum absolute atomic E-state index is 12.0. The fourth-order valence-corrected chi connectivity index (χ4v) is 2.45. The van der Waals surface area contributed by atoms with Crippen LogP contribution in [0.4, 0.5) is 5.69 Å². The number of carbonyl (C=O) groups is 2. The van der Waals surface area contributed by atoms with Gasteiger partial charge in [-0.1, -0.05) is 17.7 Å². The first kappa shape index (κ1) is 13.3. The van der Waals surface area contributed by atoms with Crippen LogP contribution in [0.15, 0.2) is 30.3 Å². The summed E-state index contributed by atoms with van der Waals surface area (Å²) in [7, 11) is 0. The van der Waals surface area contributed by atoms with Crippen LogP contribution in [0, 0.1) is 13.8 Å². The molecule has 0 aliphatic rings. The summed E-state index contributed by atoms with van der Waals surface area (Å²) in [6.45, 7) is 3.90. The number of aromatic carboxylic acids is 1. The van der Waals surface area contributed by atoms with E-state index in [4.69, 9.17) is 5.11 Å². The average molecular weight is 275 g/mol. The quantitative estimate of drug-likeness (QED) is 0.903. The highest BCUT2D eigenvalue weighted by atomic mass is 32.1. The van der Waals surface area contributed by atoms with Crippen molar-refractivity contribution in [1.82, 2.24) is 0 Å². The van der Waals surface area contributed by atoms with Crippen molar-refractivity contribution in [1.29, 1.82) is 0 Å². The number of hydrogen-bond donors (Lipinski definition) is 2. The highest BCUT2D eigenvalue weighted by Crippen LogP contribution is 2.20. The largest absolute Gasteiger partial charge is 0.477 e. The van der Waals surface area contributed by atoms with Gasteiger partial charge in [0.15, 0.2) is 0 Å². The van der Waals surface area contributed by atoms with Crippen LogP contribution in [0.3, 0.4) is 0 Å². The zero-order valence-corrected chi connectivity index (χ0v) is 11.4. The van der Waals surface area contributed by atoms with Gasteiger partial charge in [0.05, 0.1) is 4.88 Å². The summed E-state index contributed by atoms with van der Waals surface area (Å²) in [4.78, 5) is 23.3. The summed E-state index contributed by atoms with van der Waals surface area (Å²) in [6.07, 6.45) is 0. The van der Waals surface area contributed by atoms with Gasteiger partial charge in [-0.25, -0.2) is 4.79 Å². The van der Waals surface area contributed by atoms with E-state index in [2.05, 4.69) is 5.32 Å². The molecule has 0 saturated heterocycles. The Balaban J connectivity index is 2.18. The second kappa shape index (κ2) is 5.24. The van der Waals surface area contributed by atoms with Crippen LogP contribution in [-0.4, -0.2) is 17.0 Å². The molecule has 0 bridgehead atoms. The van der Waals surface area contributed by atoms with Crippen molar-refractivity contribution in [3.63, 3.8) is 0 Å². The molecule has 0 atom stereocenters. The van der Waals surface area contributed by atoms with E-state index in [9.17, 15) is 9.59 Å². The number of thiophene rings is 1. The van der Waals surface area contributed by atoms with Gasteiger partial charge in [-0.3, -0.25) is 4.79 Å². The molecule has 2 N–H and O–H groups in total. The van der Waals surface area contributed by atoms with Crippen molar-refractivity contribution < 1.29 is 14.7 Å². The fraction of sp³-hybridized carbons (Fsp3) is 0.143. The number of hydrogen-bond acceptors (Lipinski definition) is 3.